The Hall–Kier alpha value is -3.31. The number of H-pyrrole nitrogens is 1. The SMILES string of the molecule is CCCCn1c(N)c(N(CCOC)C(=O)c2cnc(SC)n2-c2ccccc2)c(=O)[nH]c1=O. The summed E-state index contributed by atoms with van der Waals surface area (Å²) in [6.07, 6.45) is 4.86. The van der Waals surface area contributed by atoms with Crippen molar-refractivity contribution >= 4 is 29.2 Å². The number of para-hydroxylation sites is 1. The van der Waals surface area contributed by atoms with Crippen molar-refractivity contribution in [2.45, 2.75) is 31.5 Å². The number of ether oxygens (including phenoxy) is 1. The molecule has 1 aromatic carbocycles. The molecule has 0 bridgehead atoms. The predicted octanol–water partition coefficient (Wildman–Crippen LogP) is 2.12. The number of rotatable bonds is 10. The number of unbranched alkanes of at least 4 members (excludes halogenated alkanes) is 1. The Morgan fingerprint density at radius 2 is 2.00 bits per heavy atom. The molecule has 11 heteroatoms. The normalized spacial score (nSPS) is 11.0. The van der Waals surface area contributed by atoms with Crippen molar-refractivity contribution in [1.29, 1.82) is 0 Å². The number of nitrogens with one attached hydrogen (secondary N) is 1. The maximum absolute atomic E-state index is 13.8. The summed E-state index contributed by atoms with van der Waals surface area (Å²) in [4.78, 5) is 46.9. The Balaban J connectivity index is 2.17. The van der Waals surface area contributed by atoms with Gasteiger partial charge in [0.25, 0.3) is 11.5 Å². The maximum atomic E-state index is 13.8. The van der Waals surface area contributed by atoms with E-state index in [0.717, 1.165) is 12.1 Å². The summed E-state index contributed by atoms with van der Waals surface area (Å²) < 4.78 is 8.19. The van der Waals surface area contributed by atoms with Crippen molar-refractivity contribution in [3.63, 3.8) is 0 Å². The summed E-state index contributed by atoms with van der Waals surface area (Å²) in [7, 11) is 1.50. The van der Waals surface area contributed by atoms with Crippen LogP contribution in [0.15, 0.2) is 51.3 Å². The lowest BCUT2D eigenvalue weighted by atomic mass is 10.2. The van der Waals surface area contributed by atoms with Crippen LogP contribution in [0.3, 0.4) is 0 Å². The van der Waals surface area contributed by atoms with E-state index in [9.17, 15) is 14.4 Å². The summed E-state index contributed by atoms with van der Waals surface area (Å²) >= 11 is 1.39. The van der Waals surface area contributed by atoms with E-state index < -0.39 is 17.2 Å². The second-order valence-corrected chi connectivity index (χ2v) is 8.02. The van der Waals surface area contributed by atoms with Crippen molar-refractivity contribution in [1.82, 2.24) is 19.1 Å². The van der Waals surface area contributed by atoms with Crippen LogP contribution >= 0.6 is 11.8 Å². The smallest absolute Gasteiger partial charge is 0.330 e. The number of aromatic nitrogens is 4. The first-order chi connectivity index (χ1) is 15.9. The third kappa shape index (κ3) is 5.04. The number of methoxy groups -OCH3 is 1. The first-order valence-electron chi connectivity index (χ1n) is 10.5. The summed E-state index contributed by atoms with van der Waals surface area (Å²) in [6, 6.07) is 9.34. The van der Waals surface area contributed by atoms with E-state index in [1.807, 2.05) is 43.5 Å². The Bertz CT molecular complexity index is 1220. The van der Waals surface area contributed by atoms with E-state index >= 15 is 0 Å². The molecule has 2 heterocycles. The van der Waals surface area contributed by atoms with Crippen molar-refractivity contribution in [2.24, 2.45) is 0 Å². The standard InChI is InChI=1S/C22H28N6O4S/c1-4-5-11-27-18(23)17(19(29)25-21(27)31)26(12-13-32-2)20(30)16-14-24-22(33-3)28(16)15-9-7-6-8-10-15/h6-10,14H,4-5,11-13,23H2,1-3H3,(H,25,29,31). The van der Waals surface area contributed by atoms with Gasteiger partial charge in [0, 0.05) is 25.9 Å². The van der Waals surface area contributed by atoms with E-state index in [-0.39, 0.29) is 30.4 Å². The number of anilines is 2. The number of amides is 1. The highest BCUT2D eigenvalue weighted by molar-refractivity contribution is 7.98. The summed E-state index contributed by atoms with van der Waals surface area (Å²) in [6.45, 7) is 2.53. The average molecular weight is 473 g/mol. The molecule has 0 saturated carbocycles. The Labute approximate surface area is 195 Å². The fourth-order valence-corrected chi connectivity index (χ4v) is 4.01. The largest absolute Gasteiger partial charge is 0.383 e. The molecule has 33 heavy (non-hydrogen) atoms. The second kappa shape index (κ2) is 11.0. The van der Waals surface area contributed by atoms with Crippen LogP contribution in [-0.2, 0) is 11.3 Å². The van der Waals surface area contributed by atoms with Gasteiger partial charge in [0.05, 0.1) is 12.8 Å². The van der Waals surface area contributed by atoms with Crippen LogP contribution in [0.1, 0.15) is 30.3 Å². The molecular formula is C22H28N6O4S. The fraction of sp³-hybridized carbons (Fsp3) is 0.364. The molecule has 0 aliphatic carbocycles. The van der Waals surface area contributed by atoms with Crippen molar-refractivity contribution < 1.29 is 9.53 Å². The van der Waals surface area contributed by atoms with E-state index in [4.69, 9.17) is 10.5 Å². The average Bonchev–Trinajstić information content (AvgIpc) is 3.25. The van der Waals surface area contributed by atoms with E-state index in [0.29, 0.717) is 18.1 Å². The van der Waals surface area contributed by atoms with Crippen LogP contribution < -0.4 is 21.9 Å². The molecule has 2 aromatic heterocycles. The van der Waals surface area contributed by atoms with Crippen molar-refractivity contribution in [3.8, 4) is 5.69 Å². The molecule has 0 fully saturated rings. The highest BCUT2D eigenvalue weighted by Crippen LogP contribution is 2.25. The first kappa shape index (κ1) is 24.3. The van der Waals surface area contributed by atoms with Gasteiger partial charge in [-0.1, -0.05) is 43.3 Å². The molecular weight excluding hydrogens is 444 g/mol. The summed E-state index contributed by atoms with van der Waals surface area (Å²) in [5, 5.41) is 0.617. The number of hydrogen-bond donors (Lipinski definition) is 2. The van der Waals surface area contributed by atoms with Gasteiger partial charge >= 0.3 is 5.69 Å². The van der Waals surface area contributed by atoms with Gasteiger partial charge in [-0.25, -0.2) is 9.78 Å². The number of carbonyl (C=O) groups is 1. The molecule has 0 radical (unpaired) electrons. The lowest BCUT2D eigenvalue weighted by Crippen LogP contribution is -2.43. The molecule has 1 amide bonds. The highest BCUT2D eigenvalue weighted by atomic mass is 32.2. The Morgan fingerprint density at radius 3 is 2.64 bits per heavy atom. The quantitative estimate of drug-likeness (QED) is 0.433. The summed E-state index contributed by atoms with van der Waals surface area (Å²) in [5.41, 5.74) is 5.87. The number of nitrogen functional groups attached to an aromatic ring is 1. The van der Waals surface area contributed by atoms with E-state index in [1.165, 1.54) is 34.5 Å². The molecule has 3 N–H and O–H groups in total. The molecule has 176 valence electrons. The Kier molecular flexibility index (Phi) is 8.12. The number of thioether (sulfide) groups is 1. The number of benzene rings is 1. The third-order valence-corrected chi connectivity index (χ3v) is 5.78. The zero-order valence-electron chi connectivity index (χ0n) is 18.9. The number of hydrogen-bond acceptors (Lipinski definition) is 7. The first-order valence-corrected chi connectivity index (χ1v) is 11.8. The minimum Gasteiger partial charge on any atom is -0.383 e. The van der Waals surface area contributed by atoms with Gasteiger partial charge in [0.15, 0.2) is 10.8 Å². The van der Waals surface area contributed by atoms with Crippen LogP contribution in [0.4, 0.5) is 11.5 Å². The number of imidazole rings is 1. The van der Waals surface area contributed by atoms with Gasteiger partial charge in [0.1, 0.15) is 11.5 Å². The van der Waals surface area contributed by atoms with Crippen LogP contribution in [0.25, 0.3) is 5.69 Å². The Morgan fingerprint density at radius 1 is 1.27 bits per heavy atom. The predicted molar refractivity (Wildman–Crippen MR) is 130 cm³/mol. The number of nitrogens with two attached hydrogens (primary N) is 1. The van der Waals surface area contributed by atoms with Crippen LogP contribution in [0.2, 0.25) is 0 Å². The van der Waals surface area contributed by atoms with Gasteiger partial charge in [-0.05, 0) is 24.8 Å². The lowest BCUT2D eigenvalue weighted by Gasteiger charge is -2.24. The third-order valence-electron chi connectivity index (χ3n) is 5.13. The zero-order chi connectivity index (χ0) is 24.0. The monoisotopic (exact) mass is 472 g/mol. The molecule has 10 nitrogen and oxygen atoms in total. The van der Waals surface area contributed by atoms with Crippen LogP contribution in [0.5, 0.6) is 0 Å². The molecule has 0 unspecified atom stereocenters. The minimum absolute atomic E-state index is 0.0579. The topological polar surface area (TPSA) is 128 Å². The maximum Gasteiger partial charge on any atom is 0.330 e. The van der Waals surface area contributed by atoms with Gasteiger partial charge < -0.3 is 10.5 Å². The highest BCUT2D eigenvalue weighted by Gasteiger charge is 2.28. The zero-order valence-corrected chi connectivity index (χ0v) is 19.7. The molecule has 0 spiro atoms. The van der Waals surface area contributed by atoms with Crippen molar-refractivity contribution in [3.05, 3.63) is 63.1 Å². The van der Waals surface area contributed by atoms with Crippen molar-refractivity contribution in [2.75, 3.05) is 37.2 Å². The van der Waals surface area contributed by atoms with Gasteiger partial charge in [-0.3, -0.25) is 28.6 Å². The molecule has 0 aliphatic heterocycles. The van der Waals surface area contributed by atoms with Crippen LogP contribution in [-0.4, -0.2) is 51.5 Å². The number of carbonyl (C=O) groups excluding carboxylic acids is 1. The summed E-state index contributed by atoms with van der Waals surface area (Å²) in [5.74, 6) is -0.542. The molecule has 3 rings (SSSR count). The van der Waals surface area contributed by atoms with E-state index in [2.05, 4.69) is 9.97 Å². The molecule has 0 saturated heterocycles. The fourth-order valence-electron chi connectivity index (χ4n) is 3.47. The van der Waals surface area contributed by atoms with Crippen LogP contribution in [0, 0.1) is 0 Å². The molecule has 0 atom stereocenters. The van der Waals surface area contributed by atoms with E-state index in [1.54, 1.807) is 4.57 Å². The molecule has 3 aromatic rings. The molecule has 0 aliphatic rings. The lowest BCUT2D eigenvalue weighted by molar-refractivity contribution is 0.0968. The van der Waals surface area contributed by atoms with Gasteiger partial charge in [-0.15, -0.1) is 0 Å². The minimum atomic E-state index is -0.731. The number of aromatic amines is 1. The number of nitrogens with zero attached hydrogens (tertiary/aromatic N) is 4. The second-order valence-electron chi connectivity index (χ2n) is 7.25. The van der Waals surface area contributed by atoms with Gasteiger partial charge in [0.2, 0.25) is 0 Å². The van der Waals surface area contributed by atoms with Gasteiger partial charge in [-0.2, -0.15) is 0 Å².